The lowest BCUT2D eigenvalue weighted by atomic mass is 9.33. The van der Waals surface area contributed by atoms with Crippen LogP contribution < -0.4 is 0 Å². The van der Waals surface area contributed by atoms with Gasteiger partial charge >= 0.3 is 11.9 Å². The van der Waals surface area contributed by atoms with E-state index in [9.17, 15) is 24.6 Å². The zero-order valence-electron chi connectivity index (χ0n) is 34.1. The van der Waals surface area contributed by atoms with Gasteiger partial charge in [-0.2, -0.15) is 0 Å². The number of carbonyl (C=O) groups excluding carboxylic acids is 2. The van der Waals surface area contributed by atoms with Gasteiger partial charge in [0, 0.05) is 36.9 Å². The Hall–Kier alpha value is -2.51. The van der Waals surface area contributed by atoms with Crippen LogP contribution in [0.2, 0.25) is 0 Å². The molecule has 2 unspecified atom stereocenters. The van der Waals surface area contributed by atoms with Gasteiger partial charge in [0.2, 0.25) is 0 Å². The first kappa shape index (κ1) is 38.8. The minimum Gasteiger partial charge on any atom is -0.481 e. The fourth-order valence-corrected chi connectivity index (χ4v) is 14.0. The second-order valence-corrected chi connectivity index (χ2v) is 20.8. The summed E-state index contributed by atoms with van der Waals surface area (Å²) in [5.74, 6) is 0.169. The van der Waals surface area contributed by atoms with Crippen molar-refractivity contribution in [2.75, 3.05) is 13.1 Å². The largest absolute Gasteiger partial charge is 0.481 e. The summed E-state index contributed by atoms with van der Waals surface area (Å²) in [4.78, 5) is 41.5. The summed E-state index contributed by atoms with van der Waals surface area (Å²) in [5.41, 5.74) is 3.41. The third kappa shape index (κ3) is 5.82. The van der Waals surface area contributed by atoms with Crippen LogP contribution in [0, 0.1) is 56.2 Å². The lowest BCUT2D eigenvalue weighted by molar-refractivity contribution is -0.235. The maximum atomic E-state index is 14.2. The molecule has 7 rings (SSSR count). The van der Waals surface area contributed by atoms with E-state index >= 15 is 0 Å². The Balaban J connectivity index is 1.16. The molecule has 1 aromatic carbocycles. The predicted octanol–water partition coefficient (Wildman–Crippen LogP) is 8.80. The van der Waals surface area contributed by atoms with Gasteiger partial charge in [-0.15, -0.1) is 0 Å². The Morgan fingerprint density at radius 2 is 1.62 bits per heavy atom. The summed E-state index contributed by atoms with van der Waals surface area (Å²) >= 11 is 0. The molecule has 292 valence electrons. The monoisotopic (exact) mass is 729 g/mol. The van der Waals surface area contributed by atoms with Crippen LogP contribution in [0.25, 0.3) is 0 Å². The molecule has 0 radical (unpaired) electrons. The third-order valence-electron chi connectivity index (χ3n) is 17.1. The molecular formula is C46H67NO6. The molecule has 5 aliphatic carbocycles. The topological polar surface area (TPSA) is 104 Å². The van der Waals surface area contributed by atoms with E-state index in [-0.39, 0.29) is 51.8 Å². The molecule has 0 amide bonds. The Labute approximate surface area is 318 Å². The molecule has 0 bridgehead atoms. The van der Waals surface area contributed by atoms with Gasteiger partial charge in [0.25, 0.3) is 0 Å². The molecule has 4 fully saturated rings. The van der Waals surface area contributed by atoms with Crippen LogP contribution in [0.4, 0.5) is 0 Å². The van der Waals surface area contributed by atoms with E-state index in [1.165, 1.54) is 16.7 Å². The highest BCUT2D eigenvalue weighted by Gasteiger charge is 2.71. The number of rotatable bonds is 8. The van der Waals surface area contributed by atoms with Crippen molar-refractivity contribution >= 4 is 17.7 Å². The fraction of sp³-hybridized carbons (Fsp3) is 0.761. The van der Waals surface area contributed by atoms with Crippen LogP contribution >= 0.6 is 0 Å². The molecule has 0 aromatic heterocycles. The summed E-state index contributed by atoms with van der Waals surface area (Å²) < 4.78 is 6.18. The quantitative estimate of drug-likeness (QED) is 0.258. The van der Waals surface area contributed by atoms with Gasteiger partial charge in [-0.3, -0.25) is 19.3 Å². The number of aliphatic hydroxyl groups is 1. The standard InChI is InChI=1S/C46H67NO6/c1-28(2)38-32(48)24-46(35(49)27-47-23-18-29-12-10-11-13-30(29)26-47)22-21-44(8)31(39(38)46)14-15-34-43(7)19-17-36(53-37(50)25-41(3,4)40(51)52)42(5,6)33(43)16-20-45(34,44)9/h10-13,28,31,33-36,49H,14-27H2,1-9H3,(H,51,52)/t31-,33+,34-,35?,36+,43+,44-,45-,46?/m1/s1. The molecule has 6 aliphatic rings. The number of ketones is 1. The number of allylic oxidation sites excluding steroid dienone is 1. The second kappa shape index (κ2) is 13.0. The molecule has 1 heterocycles. The highest BCUT2D eigenvalue weighted by Crippen LogP contribution is 2.77. The van der Waals surface area contributed by atoms with Crippen LogP contribution in [0.15, 0.2) is 35.4 Å². The maximum Gasteiger partial charge on any atom is 0.309 e. The molecule has 7 heteroatoms. The van der Waals surface area contributed by atoms with Crippen LogP contribution in [-0.4, -0.2) is 58.1 Å². The number of benzene rings is 1. The Morgan fingerprint density at radius 3 is 2.30 bits per heavy atom. The molecular weight excluding hydrogens is 663 g/mol. The van der Waals surface area contributed by atoms with Crippen molar-refractivity contribution in [2.24, 2.45) is 56.2 Å². The molecule has 7 nitrogen and oxygen atoms in total. The van der Waals surface area contributed by atoms with E-state index in [0.717, 1.165) is 76.5 Å². The summed E-state index contributed by atoms with van der Waals surface area (Å²) in [5, 5.41) is 22.1. The van der Waals surface area contributed by atoms with Gasteiger partial charge in [0.05, 0.1) is 17.9 Å². The summed E-state index contributed by atoms with van der Waals surface area (Å²) in [6.45, 7) is 22.2. The number of β-amino-alcohol motifs (C(OH)–C–C–N with tert-alkyl or cyclic N) is 1. The Bertz CT molecular complexity index is 1690. The average Bonchev–Trinajstić information content (AvgIpc) is 3.39. The van der Waals surface area contributed by atoms with Gasteiger partial charge in [-0.1, -0.05) is 78.3 Å². The maximum absolute atomic E-state index is 14.2. The van der Waals surface area contributed by atoms with Crippen molar-refractivity contribution in [3.8, 4) is 0 Å². The zero-order chi connectivity index (χ0) is 38.5. The normalized spacial score (nSPS) is 38.7. The number of aliphatic hydroxyl groups excluding tert-OH is 1. The summed E-state index contributed by atoms with van der Waals surface area (Å²) in [6.07, 6.45) is 8.49. The van der Waals surface area contributed by atoms with E-state index in [2.05, 4.69) is 77.6 Å². The third-order valence-corrected chi connectivity index (χ3v) is 17.1. The van der Waals surface area contributed by atoms with Crippen LogP contribution in [-0.2, 0) is 32.1 Å². The van der Waals surface area contributed by atoms with Crippen molar-refractivity contribution < 1.29 is 29.3 Å². The summed E-state index contributed by atoms with van der Waals surface area (Å²) in [7, 11) is 0. The van der Waals surface area contributed by atoms with E-state index in [1.807, 2.05) is 0 Å². The first-order chi connectivity index (χ1) is 24.7. The Kier molecular flexibility index (Phi) is 9.53. The minimum absolute atomic E-state index is 0.00709. The molecule has 0 spiro atoms. The average molecular weight is 730 g/mol. The number of nitrogens with zero attached hydrogens (tertiary/aromatic N) is 1. The molecule has 4 saturated carbocycles. The van der Waals surface area contributed by atoms with Gasteiger partial charge in [-0.25, -0.2) is 0 Å². The SMILES string of the molecule is CC(C)C1=C2[C@H]3CC[C@@H]4[C@@]5(C)CC[C@H](OC(=O)CC(C)(C)C(=O)O)C(C)(C)[C@@H]5CC[C@@]4(C)[C@]3(C)CCC2(C(O)CN2CCc3ccccc3C2)CC1=O. The van der Waals surface area contributed by atoms with Crippen molar-refractivity contribution in [1.29, 1.82) is 0 Å². The van der Waals surface area contributed by atoms with E-state index in [4.69, 9.17) is 4.74 Å². The van der Waals surface area contributed by atoms with Crippen LogP contribution in [0.3, 0.4) is 0 Å². The number of fused-ring (bicyclic) bond motifs is 8. The van der Waals surface area contributed by atoms with Crippen molar-refractivity contribution in [1.82, 2.24) is 4.90 Å². The number of carbonyl (C=O) groups is 3. The number of aliphatic carboxylic acids is 1. The van der Waals surface area contributed by atoms with Crippen LogP contribution in [0.5, 0.6) is 0 Å². The van der Waals surface area contributed by atoms with E-state index < -0.39 is 28.9 Å². The number of esters is 1. The zero-order valence-corrected chi connectivity index (χ0v) is 34.1. The number of ether oxygens (including phenoxy) is 1. The number of carboxylic acids is 1. The number of hydrogen-bond donors (Lipinski definition) is 2. The first-order valence-electron chi connectivity index (χ1n) is 20.9. The van der Waals surface area contributed by atoms with Gasteiger partial charge in [-0.05, 0) is 128 Å². The van der Waals surface area contributed by atoms with Crippen LogP contribution in [0.1, 0.15) is 138 Å². The number of carboxylic acid groups (broad SMARTS) is 1. The smallest absolute Gasteiger partial charge is 0.309 e. The molecule has 53 heavy (non-hydrogen) atoms. The number of hydrogen-bond acceptors (Lipinski definition) is 6. The molecule has 2 N–H and O–H groups in total. The lowest BCUT2D eigenvalue weighted by Gasteiger charge is -2.72. The van der Waals surface area contributed by atoms with Gasteiger partial charge in [0.15, 0.2) is 5.78 Å². The van der Waals surface area contributed by atoms with Crippen molar-refractivity contribution in [3.05, 3.63) is 46.5 Å². The van der Waals surface area contributed by atoms with Gasteiger partial charge in [0.1, 0.15) is 6.10 Å². The fourth-order valence-electron chi connectivity index (χ4n) is 14.0. The summed E-state index contributed by atoms with van der Waals surface area (Å²) in [6, 6.07) is 8.68. The van der Waals surface area contributed by atoms with Crippen molar-refractivity contribution in [2.45, 2.75) is 152 Å². The minimum atomic E-state index is -1.16. The molecule has 9 atom stereocenters. The highest BCUT2D eigenvalue weighted by molar-refractivity contribution is 6.00. The predicted molar refractivity (Wildman–Crippen MR) is 207 cm³/mol. The highest BCUT2D eigenvalue weighted by atomic mass is 16.5. The second-order valence-electron chi connectivity index (χ2n) is 20.8. The van der Waals surface area contributed by atoms with Gasteiger partial charge < -0.3 is 14.9 Å². The van der Waals surface area contributed by atoms with E-state index in [0.29, 0.717) is 24.8 Å². The molecule has 1 aromatic rings. The van der Waals surface area contributed by atoms with E-state index in [1.54, 1.807) is 13.8 Å². The lowest BCUT2D eigenvalue weighted by Crippen LogP contribution is -2.66. The molecule has 0 saturated heterocycles. The number of Topliss-reactive ketones (excluding diaryl/α,β-unsaturated/α-hetero) is 1. The molecule has 1 aliphatic heterocycles. The Morgan fingerprint density at radius 1 is 0.925 bits per heavy atom. The first-order valence-corrected chi connectivity index (χ1v) is 20.9. The van der Waals surface area contributed by atoms with Crippen molar-refractivity contribution in [3.63, 3.8) is 0 Å².